The molecule has 0 saturated carbocycles. The summed E-state index contributed by atoms with van der Waals surface area (Å²) in [6.45, 7) is 10.4. The van der Waals surface area contributed by atoms with Crippen LogP contribution in [0, 0.1) is 0 Å². The van der Waals surface area contributed by atoms with Gasteiger partial charge in [0, 0.05) is 12.8 Å². The van der Waals surface area contributed by atoms with Gasteiger partial charge in [-0.2, -0.15) is 0 Å². The molecule has 0 N–H and O–H groups in total. The standard InChI is InChI=1S/C12H26N.BrH/c1-3-5-6-7-10-13(4-2)11-8-9-12-13;/h3-12H2,1-2H3;1H/q+1;/p-1. The van der Waals surface area contributed by atoms with Gasteiger partial charge in [-0.25, -0.2) is 0 Å². The molecule has 0 radical (unpaired) electrons. The van der Waals surface area contributed by atoms with Crippen molar-refractivity contribution in [1.82, 2.24) is 0 Å². The fourth-order valence-electron chi connectivity index (χ4n) is 2.58. The van der Waals surface area contributed by atoms with Crippen LogP contribution < -0.4 is 17.0 Å². The van der Waals surface area contributed by atoms with Gasteiger partial charge in [0.15, 0.2) is 0 Å². The number of unbranched alkanes of at least 4 members (excludes halogenated alkanes) is 3. The molecule has 0 aromatic rings. The monoisotopic (exact) mass is 263 g/mol. The molecule has 0 unspecified atom stereocenters. The zero-order valence-corrected chi connectivity index (χ0v) is 11.5. The van der Waals surface area contributed by atoms with Gasteiger partial charge in [0.25, 0.3) is 0 Å². The zero-order chi connectivity index (χ0) is 9.57. The van der Waals surface area contributed by atoms with E-state index < -0.39 is 0 Å². The zero-order valence-electron chi connectivity index (χ0n) is 9.90. The number of hydrogen-bond donors (Lipinski definition) is 0. The molecule has 1 aliphatic rings. The minimum Gasteiger partial charge on any atom is -1.00 e. The molecule has 1 heterocycles. The van der Waals surface area contributed by atoms with Gasteiger partial charge in [0.2, 0.25) is 0 Å². The van der Waals surface area contributed by atoms with E-state index in [0.717, 1.165) is 0 Å². The van der Waals surface area contributed by atoms with Gasteiger partial charge in [-0.3, -0.25) is 0 Å². The van der Waals surface area contributed by atoms with E-state index >= 15 is 0 Å². The quantitative estimate of drug-likeness (QED) is 0.475. The Bertz CT molecular complexity index is 130. The molecule has 1 rings (SSSR count). The topological polar surface area (TPSA) is 0 Å². The first-order valence-corrected chi connectivity index (χ1v) is 6.18. The third-order valence-electron chi connectivity index (χ3n) is 3.67. The maximum atomic E-state index is 2.37. The Hall–Kier alpha value is 0.440. The lowest BCUT2D eigenvalue weighted by atomic mass is 10.2. The van der Waals surface area contributed by atoms with Crippen molar-refractivity contribution < 1.29 is 21.5 Å². The predicted octanol–water partition coefficient (Wildman–Crippen LogP) is 0.201. The van der Waals surface area contributed by atoms with Crippen LogP contribution in [0.4, 0.5) is 0 Å². The highest BCUT2D eigenvalue weighted by Crippen LogP contribution is 2.20. The van der Waals surface area contributed by atoms with Crippen molar-refractivity contribution in [3.05, 3.63) is 0 Å². The molecule has 0 spiro atoms. The second kappa shape index (κ2) is 7.70. The van der Waals surface area contributed by atoms with E-state index in [4.69, 9.17) is 0 Å². The van der Waals surface area contributed by atoms with E-state index in [2.05, 4.69) is 13.8 Å². The summed E-state index contributed by atoms with van der Waals surface area (Å²) in [4.78, 5) is 0. The van der Waals surface area contributed by atoms with Gasteiger partial charge in [-0.05, 0) is 19.8 Å². The maximum Gasteiger partial charge on any atom is 0.0788 e. The van der Waals surface area contributed by atoms with Crippen molar-refractivity contribution >= 4 is 0 Å². The summed E-state index contributed by atoms with van der Waals surface area (Å²) in [6, 6.07) is 0. The van der Waals surface area contributed by atoms with Crippen LogP contribution in [-0.4, -0.2) is 30.7 Å². The van der Waals surface area contributed by atoms with Gasteiger partial charge < -0.3 is 21.5 Å². The second-order valence-corrected chi connectivity index (χ2v) is 4.60. The summed E-state index contributed by atoms with van der Waals surface area (Å²) >= 11 is 0. The Morgan fingerprint density at radius 1 is 0.929 bits per heavy atom. The van der Waals surface area contributed by atoms with Crippen molar-refractivity contribution in [2.45, 2.75) is 52.4 Å². The third kappa shape index (κ3) is 4.31. The molecule has 1 fully saturated rings. The van der Waals surface area contributed by atoms with Gasteiger partial charge in [0.05, 0.1) is 26.2 Å². The summed E-state index contributed by atoms with van der Waals surface area (Å²) in [5.41, 5.74) is 0. The molecule has 0 aromatic heterocycles. The lowest BCUT2D eigenvalue weighted by molar-refractivity contribution is -0.915. The number of hydrogen-bond acceptors (Lipinski definition) is 0. The van der Waals surface area contributed by atoms with E-state index in [9.17, 15) is 0 Å². The number of likely N-dealkylation sites (tertiary alicyclic amines) is 1. The van der Waals surface area contributed by atoms with Crippen molar-refractivity contribution in [2.24, 2.45) is 0 Å². The largest absolute Gasteiger partial charge is 1.00 e. The van der Waals surface area contributed by atoms with E-state index in [-0.39, 0.29) is 17.0 Å². The highest BCUT2D eigenvalue weighted by molar-refractivity contribution is 4.54. The molecule has 0 bridgehead atoms. The maximum absolute atomic E-state index is 2.37. The molecule has 1 saturated heterocycles. The first kappa shape index (κ1) is 14.4. The Morgan fingerprint density at radius 2 is 1.57 bits per heavy atom. The average molecular weight is 264 g/mol. The van der Waals surface area contributed by atoms with Crippen LogP contribution in [0.5, 0.6) is 0 Å². The Morgan fingerprint density at radius 3 is 2.07 bits per heavy atom. The van der Waals surface area contributed by atoms with Gasteiger partial charge in [-0.15, -0.1) is 0 Å². The summed E-state index contributed by atoms with van der Waals surface area (Å²) in [5.74, 6) is 0. The fraction of sp³-hybridized carbons (Fsp3) is 1.00. The molecular weight excluding hydrogens is 238 g/mol. The molecular formula is C12H26BrN. The summed E-state index contributed by atoms with van der Waals surface area (Å²) in [6.07, 6.45) is 8.66. The van der Waals surface area contributed by atoms with Crippen molar-refractivity contribution in [1.29, 1.82) is 0 Å². The van der Waals surface area contributed by atoms with Gasteiger partial charge >= 0.3 is 0 Å². The molecule has 86 valence electrons. The molecule has 14 heavy (non-hydrogen) atoms. The molecule has 0 aromatic carbocycles. The third-order valence-corrected chi connectivity index (χ3v) is 3.67. The predicted molar refractivity (Wildman–Crippen MR) is 58.8 cm³/mol. The van der Waals surface area contributed by atoms with Crippen LogP contribution in [0.3, 0.4) is 0 Å². The van der Waals surface area contributed by atoms with Crippen LogP contribution in [0.15, 0.2) is 0 Å². The number of nitrogens with zero attached hydrogens (tertiary/aromatic N) is 1. The number of rotatable bonds is 6. The lowest BCUT2D eigenvalue weighted by Gasteiger charge is -2.33. The first-order chi connectivity index (χ1) is 6.33. The normalized spacial score (nSPS) is 19.3. The van der Waals surface area contributed by atoms with E-state index in [1.807, 2.05) is 0 Å². The Labute approximate surface area is 100 Å². The second-order valence-electron chi connectivity index (χ2n) is 4.60. The smallest absolute Gasteiger partial charge is 0.0788 e. The van der Waals surface area contributed by atoms with Crippen LogP contribution in [0.2, 0.25) is 0 Å². The fourth-order valence-corrected chi connectivity index (χ4v) is 2.58. The SMILES string of the molecule is CCCCCC[N+]1(CC)CCCC1.[Br-]. The van der Waals surface area contributed by atoms with Crippen LogP contribution in [0.1, 0.15) is 52.4 Å². The van der Waals surface area contributed by atoms with E-state index in [1.54, 1.807) is 0 Å². The summed E-state index contributed by atoms with van der Waals surface area (Å²) < 4.78 is 1.43. The molecule has 0 amide bonds. The summed E-state index contributed by atoms with van der Waals surface area (Å²) in [7, 11) is 0. The summed E-state index contributed by atoms with van der Waals surface area (Å²) in [5, 5.41) is 0. The number of halogens is 1. The van der Waals surface area contributed by atoms with Gasteiger partial charge in [-0.1, -0.05) is 19.8 Å². The highest BCUT2D eigenvalue weighted by atomic mass is 79.9. The van der Waals surface area contributed by atoms with Crippen LogP contribution in [0.25, 0.3) is 0 Å². The minimum atomic E-state index is 0. The number of quaternary nitrogens is 1. The van der Waals surface area contributed by atoms with E-state index in [0.29, 0.717) is 0 Å². The van der Waals surface area contributed by atoms with E-state index in [1.165, 1.54) is 69.2 Å². The molecule has 1 aliphatic heterocycles. The molecule has 0 atom stereocenters. The lowest BCUT2D eigenvalue weighted by Crippen LogP contribution is -3.00. The Balaban J connectivity index is 0.00000169. The van der Waals surface area contributed by atoms with Crippen LogP contribution >= 0.6 is 0 Å². The molecule has 2 heteroatoms. The van der Waals surface area contributed by atoms with Crippen molar-refractivity contribution in [3.63, 3.8) is 0 Å². The minimum absolute atomic E-state index is 0. The van der Waals surface area contributed by atoms with Crippen molar-refractivity contribution in [3.8, 4) is 0 Å². The van der Waals surface area contributed by atoms with Crippen LogP contribution in [-0.2, 0) is 0 Å². The average Bonchev–Trinajstić information content (AvgIpc) is 2.62. The van der Waals surface area contributed by atoms with Gasteiger partial charge in [0.1, 0.15) is 0 Å². The Kier molecular flexibility index (Phi) is 7.94. The molecule has 1 nitrogen and oxygen atoms in total. The first-order valence-electron chi connectivity index (χ1n) is 6.18. The van der Waals surface area contributed by atoms with Crippen molar-refractivity contribution in [2.75, 3.05) is 26.2 Å². The molecule has 0 aliphatic carbocycles. The highest BCUT2D eigenvalue weighted by Gasteiger charge is 2.28.